The van der Waals surface area contributed by atoms with E-state index >= 15 is 0 Å². The molecule has 0 saturated carbocycles. The summed E-state index contributed by atoms with van der Waals surface area (Å²) in [5.74, 6) is 0.518. The molecule has 1 aliphatic rings. The second kappa shape index (κ2) is 10.3. The molecule has 2 aromatic rings. The number of halogens is 1. The first-order valence-corrected chi connectivity index (χ1v) is 10.3. The third-order valence-electron chi connectivity index (χ3n) is 5.03. The minimum Gasteiger partial charge on any atom is -0.507 e. The molecule has 0 atom stereocenters. The summed E-state index contributed by atoms with van der Waals surface area (Å²) in [6.45, 7) is 4.76. The van der Waals surface area contributed by atoms with Crippen molar-refractivity contribution in [1.29, 1.82) is 0 Å². The number of nitrogens with zero attached hydrogens (tertiary/aromatic N) is 1. The van der Waals surface area contributed by atoms with Crippen molar-refractivity contribution < 1.29 is 19.5 Å². The molecule has 6 nitrogen and oxygen atoms in total. The van der Waals surface area contributed by atoms with Crippen LogP contribution in [0.15, 0.2) is 47.6 Å². The molecular weight excluding hydrogens is 390 g/mol. The monoisotopic (exact) mass is 416 g/mol. The van der Waals surface area contributed by atoms with Crippen LogP contribution in [-0.4, -0.2) is 36.4 Å². The SMILES string of the molecule is C/C(=N\NC(=O)COc1ccc(Cl)cc1)c1ccc(O)c(C[NH+]2CCCCC2)c1. The van der Waals surface area contributed by atoms with Crippen LogP contribution in [-0.2, 0) is 11.3 Å². The van der Waals surface area contributed by atoms with Crippen LogP contribution in [0.2, 0.25) is 5.02 Å². The van der Waals surface area contributed by atoms with Crippen LogP contribution < -0.4 is 15.1 Å². The number of benzene rings is 2. The molecule has 1 amide bonds. The lowest BCUT2D eigenvalue weighted by Crippen LogP contribution is -3.11. The van der Waals surface area contributed by atoms with Gasteiger partial charge in [0.05, 0.1) is 18.8 Å². The highest BCUT2D eigenvalue weighted by molar-refractivity contribution is 6.30. The van der Waals surface area contributed by atoms with Gasteiger partial charge in [0.25, 0.3) is 5.91 Å². The largest absolute Gasteiger partial charge is 0.507 e. The molecule has 7 heteroatoms. The van der Waals surface area contributed by atoms with Gasteiger partial charge in [-0.15, -0.1) is 0 Å². The number of carbonyl (C=O) groups is 1. The lowest BCUT2D eigenvalue weighted by Gasteiger charge is -2.24. The molecule has 0 aromatic heterocycles. The number of nitrogens with one attached hydrogen (secondary N) is 2. The smallest absolute Gasteiger partial charge is 0.277 e. The van der Waals surface area contributed by atoms with Gasteiger partial charge >= 0.3 is 0 Å². The van der Waals surface area contributed by atoms with Gasteiger partial charge in [-0.2, -0.15) is 5.10 Å². The molecule has 1 heterocycles. The number of phenolic OH excluding ortho intramolecular Hbond substituents is 1. The average Bonchev–Trinajstić information content (AvgIpc) is 2.74. The summed E-state index contributed by atoms with van der Waals surface area (Å²) in [6.07, 6.45) is 3.77. The normalized spacial score (nSPS) is 15.2. The van der Waals surface area contributed by atoms with Crippen LogP contribution in [0.4, 0.5) is 0 Å². The van der Waals surface area contributed by atoms with Crippen LogP contribution in [0.1, 0.15) is 37.3 Å². The molecule has 1 fully saturated rings. The Kier molecular flexibility index (Phi) is 7.49. The summed E-state index contributed by atoms with van der Waals surface area (Å²) in [7, 11) is 0. The number of quaternary nitrogens is 1. The summed E-state index contributed by atoms with van der Waals surface area (Å²) in [6, 6.07) is 12.2. The zero-order valence-corrected chi connectivity index (χ0v) is 17.3. The molecule has 154 valence electrons. The van der Waals surface area contributed by atoms with E-state index in [0.29, 0.717) is 22.2 Å². The Bertz CT molecular complexity index is 862. The van der Waals surface area contributed by atoms with Crippen molar-refractivity contribution in [2.24, 2.45) is 5.10 Å². The molecule has 29 heavy (non-hydrogen) atoms. The van der Waals surface area contributed by atoms with Crippen molar-refractivity contribution in [1.82, 2.24) is 5.43 Å². The topological polar surface area (TPSA) is 75.4 Å². The predicted octanol–water partition coefficient (Wildman–Crippen LogP) is 2.53. The fourth-order valence-electron chi connectivity index (χ4n) is 3.37. The van der Waals surface area contributed by atoms with Crippen LogP contribution in [0, 0.1) is 0 Å². The number of likely N-dealkylation sites (tertiary alicyclic amines) is 1. The average molecular weight is 417 g/mol. The molecule has 1 saturated heterocycles. The van der Waals surface area contributed by atoms with E-state index < -0.39 is 0 Å². The fourth-order valence-corrected chi connectivity index (χ4v) is 3.50. The Balaban J connectivity index is 1.56. The molecule has 0 radical (unpaired) electrons. The van der Waals surface area contributed by atoms with Crippen LogP contribution in [0.3, 0.4) is 0 Å². The van der Waals surface area contributed by atoms with E-state index in [4.69, 9.17) is 16.3 Å². The first-order chi connectivity index (χ1) is 14.0. The Morgan fingerprint density at radius 2 is 1.90 bits per heavy atom. The van der Waals surface area contributed by atoms with Gasteiger partial charge < -0.3 is 14.7 Å². The van der Waals surface area contributed by atoms with E-state index in [0.717, 1.165) is 30.8 Å². The molecular formula is C22H27ClN3O3+. The van der Waals surface area contributed by atoms with Crippen molar-refractivity contribution >= 4 is 23.2 Å². The summed E-state index contributed by atoms with van der Waals surface area (Å²) in [4.78, 5) is 13.5. The van der Waals surface area contributed by atoms with Gasteiger partial charge in [-0.25, -0.2) is 5.43 Å². The third kappa shape index (κ3) is 6.48. The van der Waals surface area contributed by atoms with Gasteiger partial charge in [-0.05, 0) is 74.2 Å². The summed E-state index contributed by atoms with van der Waals surface area (Å²) in [5.41, 5.74) is 4.95. The summed E-state index contributed by atoms with van der Waals surface area (Å²) >= 11 is 5.82. The van der Waals surface area contributed by atoms with Gasteiger partial charge in [0.1, 0.15) is 18.0 Å². The number of phenols is 1. The zero-order chi connectivity index (χ0) is 20.6. The van der Waals surface area contributed by atoms with Gasteiger partial charge in [-0.1, -0.05) is 11.6 Å². The van der Waals surface area contributed by atoms with Crippen LogP contribution in [0.25, 0.3) is 0 Å². The minimum absolute atomic E-state index is 0.141. The maximum atomic E-state index is 12.0. The number of aromatic hydroxyl groups is 1. The van der Waals surface area contributed by atoms with E-state index in [9.17, 15) is 9.90 Å². The number of hydrogen-bond acceptors (Lipinski definition) is 4. The van der Waals surface area contributed by atoms with Crippen molar-refractivity contribution in [3.8, 4) is 11.5 Å². The first kappa shape index (κ1) is 21.1. The van der Waals surface area contributed by atoms with Gasteiger partial charge in [0.15, 0.2) is 6.61 Å². The molecule has 0 unspecified atom stereocenters. The maximum absolute atomic E-state index is 12.0. The number of hydrogen-bond donors (Lipinski definition) is 3. The van der Waals surface area contributed by atoms with E-state index in [1.165, 1.54) is 24.2 Å². The van der Waals surface area contributed by atoms with E-state index in [2.05, 4.69) is 10.5 Å². The lowest BCUT2D eigenvalue weighted by atomic mass is 10.0. The van der Waals surface area contributed by atoms with Gasteiger partial charge in [0, 0.05) is 10.6 Å². The van der Waals surface area contributed by atoms with E-state index in [1.54, 1.807) is 36.4 Å². The molecule has 1 aliphatic heterocycles. The van der Waals surface area contributed by atoms with Crippen molar-refractivity contribution in [2.75, 3.05) is 19.7 Å². The highest BCUT2D eigenvalue weighted by Crippen LogP contribution is 2.19. The number of hydrazone groups is 1. The van der Waals surface area contributed by atoms with Gasteiger partial charge in [0.2, 0.25) is 0 Å². The predicted molar refractivity (Wildman–Crippen MR) is 114 cm³/mol. The highest BCUT2D eigenvalue weighted by Gasteiger charge is 2.16. The number of carbonyl (C=O) groups excluding carboxylic acids is 1. The molecule has 3 rings (SSSR count). The van der Waals surface area contributed by atoms with E-state index in [1.807, 2.05) is 13.0 Å². The Morgan fingerprint density at radius 3 is 2.62 bits per heavy atom. The number of amides is 1. The molecule has 3 N–H and O–H groups in total. The zero-order valence-electron chi connectivity index (χ0n) is 16.6. The molecule has 0 spiro atoms. The third-order valence-corrected chi connectivity index (χ3v) is 5.28. The minimum atomic E-state index is -0.351. The number of ether oxygens (including phenoxy) is 1. The maximum Gasteiger partial charge on any atom is 0.277 e. The van der Waals surface area contributed by atoms with Gasteiger partial charge in [-0.3, -0.25) is 4.79 Å². The fraction of sp³-hybridized carbons (Fsp3) is 0.364. The number of piperidine rings is 1. The van der Waals surface area contributed by atoms with Crippen LogP contribution >= 0.6 is 11.6 Å². The lowest BCUT2D eigenvalue weighted by molar-refractivity contribution is -0.918. The second-order valence-electron chi connectivity index (χ2n) is 7.31. The number of rotatable bonds is 7. The van der Waals surface area contributed by atoms with Crippen LogP contribution in [0.5, 0.6) is 11.5 Å². The van der Waals surface area contributed by atoms with E-state index in [-0.39, 0.29) is 12.5 Å². The summed E-state index contributed by atoms with van der Waals surface area (Å²) < 4.78 is 5.40. The second-order valence-corrected chi connectivity index (χ2v) is 7.74. The van der Waals surface area contributed by atoms with Crippen molar-refractivity contribution in [3.05, 3.63) is 58.6 Å². The highest BCUT2D eigenvalue weighted by atomic mass is 35.5. The molecule has 2 aromatic carbocycles. The van der Waals surface area contributed by atoms with Crippen molar-refractivity contribution in [2.45, 2.75) is 32.7 Å². The molecule has 0 bridgehead atoms. The quantitative estimate of drug-likeness (QED) is 0.479. The molecule has 0 aliphatic carbocycles. The first-order valence-electron chi connectivity index (χ1n) is 9.88. The Morgan fingerprint density at radius 1 is 1.17 bits per heavy atom. The standard InChI is InChI=1S/C22H26ClN3O3/c1-16(24-25-22(28)15-29-20-8-6-19(23)7-9-20)17-5-10-21(27)18(13-17)14-26-11-3-2-4-12-26/h5-10,13,27H,2-4,11-12,14-15H2,1H3,(H,25,28)/p+1/b24-16+. The van der Waals surface area contributed by atoms with Crippen molar-refractivity contribution in [3.63, 3.8) is 0 Å². The summed E-state index contributed by atoms with van der Waals surface area (Å²) in [5, 5.41) is 15.0. The Hall–Kier alpha value is -2.57. The Labute approximate surface area is 176 Å².